The van der Waals surface area contributed by atoms with E-state index in [1.807, 2.05) is 0 Å². The van der Waals surface area contributed by atoms with E-state index in [0.717, 1.165) is 5.69 Å². The summed E-state index contributed by atoms with van der Waals surface area (Å²) < 4.78 is 2.53. The van der Waals surface area contributed by atoms with Crippen LogP contribution in [0.3, 0.4) is 0 Å². The highest BCUT2D eigenvalue weighted by atomic mass is 15.0. The quantitative estimate of drug-likeness (QED) is 0.158. The Balaban J connectivity index is 1.04. The number of aromatic nitrogens is 1. The summed E-state index contributed by atoms with van der Waals surface area (Å²) in [5.41, 5.74) is 22.4. The molecule has 1 heteroatoms. The highest BCUT2D eigenvalue weighted by molar-refractivity contribution is 6.15. The molecule has 0 saturated heterocycles. The Morgan fingerprint density at radius 1 is 0.349 bits per heavy atom. The molecule has 0 aliphatic heterocycles. The SMILES string of the molecule is c1ccc(-c2cccc(C3c4ccccc4-c4cc(-c5ccc6c(c5)c5ccc7c(c5n6-c5ccccc5)C(c5ccccc5)(c5ccccc5)c5ccccc5-7)ccc43)c2)cc1. The number of nitrogens with zero attached hydrogens (tertiary/aromatic N) is 1. The van der Waals surface area contributed by atoms with Crippen molar-refractivity contribution in [3.05, 3.63) is 282 Å². The van der Waals surface area contributed by atoms with E-state index in [1.165, 1.54) is 105 Å². The topological polar surface area (TPSA) is 4.93 Å². The zero-order valence-electron chi connectivity index (χ0n) is 34.6. The Kier molecular flexibility index (Phi) is 7.95. The molecular weight excluding hydrogens is 759 g/mol. The van der Waals surface area contributed by atoms with Gasteiger partial charge < -0.3 is 4.57 Å². The van der Waals surface area contributed by atoms with Crippen molar-refractivity contribution in [3.63, 3.8) is 0 Å². The first-order valence-corrected chi connectivity index (χ1v) is 22.0. The van der Waals surface area contributed by atoms with Crippen LogP contribution < -0.4 is 0 Å². The van der Waals surface area contributed by atoms with Crippen LogP contribution in [0.2, 0.25) is 0 Å². The van der Waals surface area contributed by atoms with Crippen molar-refractivity contribution in [1.29, 1.82) is 0 Å². The second kappa shape index (κ2) is 14.0. The van der Waals surface area contributed by atoms with Gasteiger partial charge in [0, 0.05) is 27.9 Å². The first-order chi connectivity index (χ1) is 31.3. The fraction of sp³-hybridized carbons (Fsp3) is 0.0323. The Hall–Kier alpha value is -8.00. The average Bonchev–Trinajstić information content (AvgIpc) is 3.99. The first-order valence-electron chi connectivity index (χ1n) is 22.0. The Labute approximate surface area is 367 Å². The molecule has 10 aromatic carbocycles. The average molecular weight is 800 g/mol. The Morgan fingerprint density at radius 3 is 1.70 bits per heavy atom. The molecule has 294 valence electrons. The van der Waals surface area contributed by atoms with Crippen LogP contribution in [0.5, 0.6) is 0 Å². The summed E-state index contributed by atoms with van der Waals surface area (Å²) in [6.45, 7) is 0. The Morgan fingerprint density at radius 2 is 0.937 bits per heavy atom. The third-order valence-electron chi connectivity index (χ3n) is 13.9. The highest BCUT2D eigenvalue weighted by Gasteiger charge is 2.48. The molecule has 0 spiro atoms. The van der Waals surface area contributed by atoms with Crippen LogP contribution in [0.1, 0.15) is 44.9 Å². The predicted molar refractivity (Wildman–Crippen MR) is 262 cm³/mol. The lowest BCUT2D eigenvalue weighted by molar-refractivity contribution is 0.772. The van der Waals surface area contributed by atoms with Crippen molar-refractivity contribution in [2.45, 2.75) is 11.3 Å². The monoisotopic (exact) mass is 799 g/mol. The maximum Gasteiger partial charge on any atom is 0.0734 e. The standard InChI is InChI=1S/C62H41N/c1-5-18-41(19-6-1)42-20-17-21-45(38-42)59-51-30-14-13-28-49(51)55-39-43(32-34-52(55)59)44-33-37-58-56(40-44)54-36-35-53-50-29-15-16-31-57(50)62(46-22-7-2-8-23-46,47-24-9-3-10-25-47)60(53)61(54)63(58)48-26-11-4-12-27-48/h1-40,59H. The first kappa shape index (κ1) is 35.7. The highest BCUT2D eigenvalue weighted by Crippen LogP contribution is 2.59. The number of benzene rings is 10. The molecule has 1 aromatic heterocycles. The summed E-state index contributed by atoms with van der Waals surface area (Å²) in [5.74, 6) is 0.168. The van der Waals surface area contributed by atoms with Gasteiger partial charge in [-0.25, -0.2) is 0 Å². The van der Waals surface area contributed by atoms with Crippen LogP contribution in [0.4, 0.5) is 0 Å². The summed E-state index contributed by atoms with van der Waals surface area (Å²) in [5, 5.41) is 2.50. The lowest BCUT2D eigenvalue weighted by atomic mass is 9.67. The van der Waals surface area contributed by atoms with Crippen LogP contribution in [0.15, 0.2) is 243 Å². The predicted octanol–water partition coefficient (Wildman–Crippen LogP) is 15.6. The molecule has 1 unspecified atom stereocenters. The second-order valence-corrected chi connectivity index (χ2v) is 17.1. The number of para-hydroxylation sites is 1. The van der Waals surface area contributed by atoms with E-state index in [1.54, 1.807) is 0 Å². The van der Waals surface area contributed by atoms with Crippen LogP contribution in [-0.4, -0.2) is 4.57 Å². The minimum atomic E-state index is -0.539. The summed E-state index contributed by atoms with van der Waals surface area (Å²) >= 11 is 0. The molecule has 1 atom stereocenters. The van der Waals surface area contributed by atoms with E-state index in [2.05, 4.69) is 247 Å². The van der Waals surface area contributed by atoms with Crippen molar-refractivity contribution < 1.29 is 0 Å². The molecule has 0 fully saturated rings. The van der Waals surface area contributed by atoms with Crippen molar-refractivity contribution in [2.24, 2.45) is 0 Å². The van der Waals surface area contributed by atoms with Crippen LogP contribution >= 0.6 is 0 Å². The molecule has 2 aliphatic carbocycles. The van der Waals surface area contributed by atoms with Crippen molar-refractivity contribution in [3.8, 4) is 50.2 Å². The zero-order valence-corrected chi connectivity index (χ0v) is 34.6. The van der Waals surface area contributed by atoms with Gasteiger partial charge in [-0.15, -0.1) is 0 Å². The summed E-state index contributed by atoms with van der Waals surface area (Å²) in [6.07, 6.45) is 0. The normalized spacial score (nSPS) is 14.3. The van der Waals surface area contributed by atoms with Gasteiger partial charge in [-0.3, -0.25) is 0 Å². The third kappa shape index (κ3) is 5.24. The van der Waals surface area contributed by atoms with E-state index in [4.69, 9.17) is 0 Å². The molecule has 0 N–H and O–H groups in total. The maximum absolute atomic E-state index is 2.53. The molecule has 63 heavy (non-hydrogen) atoms. The molecule has 11 aromatic rings. The smallest absolute Gasteiger partial charge is 0.0734 e. The van der Waals surface area contributed by atoms with Crippen molar-refractivity contribution in [2.75, 3.05) is 0 Å². The summed E-state index contributed by atoms with van der Waals surface area (Å²) in [4.78, 5) is 0. The van der Waals surface area contributed by atoms with E-state index in [-0.39, 0.29) is 5.92 Å². The van der Waals surface area contributed by atoms with Crippen LogP contribution in [-0.2, 0) is 5.41 Å². The van der Waals surface area contributed by atoms with Gasteiger partial charge in [0.15, 0.2) is 0 Å². The number of hydrogen-bond donors (Lipinski definition) is 0. The lowest BCUT2D eigenvalue weighted by Gasteiger charge is -2.34. The van der Waals surface area contributed by atoms with E-state index in [9.17, 15) is 0 Å². The number of rotatable bonds is 6. The molecule has 0 radical (unpaired) electrons. The molecular formula is C62H41N. The van der Waals surface area contributed by atoms with Gasteiger partial charge in [0.1, 0.15) is 0 Å². The van der Waals surface area contributed by atoms with Crippen LogP contribution in [0, 0.1) is 0 Å². The summed E-state index contributed by atoms with van der Waals surface area (Å²) in [7, 11) is 0. The fourth-order valence-corrected chi connectivity index (χ4v) is 11.3. The molecule has 1 heterocycles. The summed E-state index contributed by atoms with van der Waals surface area (Å²) in [6, 6.07) is 90.3. The molecule has 0 amide bonds. The van der Waals surface area contributed by atoms with Gasteiger partial charge in [-0.1, -0.05) is 212 Å². The van der Waals surface area contributed by atoms with Gasteiger partial charge in [-0.05, 0) is 108 Å². The second-order valence-electron chi connectivity index (χ2n) is 17.1. The molecule has 2 aliphatic rings. The minimum Gasteiger partial charge on any atom is -0.309 e. The van der Waals surface area contributed by atoms with Crippen molar-refractivity contribution >= 4 is 21.8 Å². The van der Waals surface area contributed by atoms with E-state index < -0.39 is 5.41 Å². The molecule has 0 saturated carbocycles. The van der Waals surface area contributed by atoms with Gasteiger partial charge in [0.25, 0.3) is 0 Å². The minimum absolute atomic E-state index is 0.168. The van der Waals surface area contributed by atoms with Gasteiger partial charge in [0.05, 0.1) is 16.4 Å². The molecule has 1 nitrogen and oxygen atoms in total. The van der Waals surface area contributed by atoms with Gasteiger partial charge >= 0.3 is 0 Å². The van der Waals surface area contributed by atoms with E-state index >= 15 is 0 Å². The van der Waals surface area contributed by atoms with E-state index in [0.29, 0.717) is 0 Å². The fourth-order valence-electron chi connectivity index (χ4n) is 11.3. The molecule has 13 rings (SSSR count). The van der Waals surface area contributed by atoms with Gasteiger partial charge in [-0.2, -0.15) is 0 Å². The largest absolute Gasteiger partial charge is 0.309 e. The van der Waals surface area contributed by atoms with Crippen LogP contribution in [0.25, 0.3) is 72.0 Å². The zero-order chi connectivity index (χ0) is 41.5. The number of hydrogen-bond acceptors (Lipinski definition) is 0. The number of fused-ring (bicyclic) bond motifs is 10. The van der Waals surface area contributed by atoms with Gasteiger partial charge in [0.2, 0.25) is 0 Å². The maximum atomic E-state index is 2.53. The van der Waals surface area contributed by atoms with Crippen molar-refractivity contribution in [1.82, 2.24) is 4.57 Å². The Bertz CT molecular complexity index is 3510. The third-order valence-corrected chi connectivity index (χ3v) is 13.9. The lowest BCUT2D eigenvalue weighted by Crippen LogP contribution is -2.29. The molecule has 0 bridgehead atoms.